The second-order valence-electron chi connectivity index (χ2n) is 6.92. The van der Waals surface area contributed by atoms with Crippen LogP contribution in [0.25, 0.3) is 5.57 Å². The fraction of sp³-hybridized carbons (Fsp3) is 0.286. The number of carbonyl (C=O) groups is 1. The highest BCUT2D eigenvalue weighted by atomic mass is 19.1. The van der Waals surface area contributed by atoms with Crippen molar-refractivity contribution < 1.29 is 18.3 Å². The van der Waals surface area contributed by atoms with Gasteiger partial charge in [0.1, 0.15) is 11.6 Å². The molecule has 0 saturated carbocycles. The highest BCUT2D eigenvalue weighted by Crippen LogP contribution is 2.32. The summed E-state index contributed by atoms with van der Waals surface area (Å²) in [5, 5.41) is 8.66. The summed E-state index contributed by atoms with van der Waals surface area (Å²) in [6, 6.07) is 8.86. The Bertz CT molecular complexity index is 942. The fourth-order valence-electron chi connectivity index (χ4n) is 3.39. The molecule has 2 aliphatic heterocycles. The van der Waals surface area contributed by atoms with E-state index in [1.165, 1.54) is 30.5 Å². The van der Waals surface area contributed by atoms with Gasteiger partial charge in [-0.2, -0.15) is 0 Å². The molecule has 0 aromatic heterocycles. The number of amides is 1. The molecule has 1 fully saturated rings. The molecule has 2 aromatic carbocycles. The number of nitrogens with one attached hydrogen (secondary N) is 3. The standard InChI is InChI=1S/C21H22F2N4O2/c22-14-1-3-16-17(21(28)26-20(16)11-14)13-25-15-2-4-19(18(23)12-15)24-5-6-27-7-9-29-10-8-27/h1-4,11-13,24-25H,5-10H2,(H,26,28). The Morgan fingerprint density at radius 1 is 1.14 bits per heavy atom. The van der Waals surface area contributed by atoms with Gasteiger partial charge in [0.25, 0.3) is 5.91 Å². The topological polar surface area (TPSA) is 65.6 Å². The zero-order valence-electron chi connectivity index (χ0n) is 15.8. The lowest BCUT2D eigenvalue weighted by Gasteiger charge is -2.26. The van der Waals surface area contributed by atoms with Crippen LogP contribution in [0.15, 0.2) is 42.6 Å². The van der Waals surface area contributed by atoms with E-state index in [-0.39, 0.29) is 11.7 Å². The van der Waals surface area contributed by atoms with Crippen molar-refractivity contribution in [2.45, 2.75) is 0 Å². The van der Waals surface area contributed by atoms with Crippen molar-refractivity contribution in [2.75, 3.05) is 55.3 Å². The second-order valence-corrected chi connectivity index (χ2v) is 6.92. The average molecular weight is 400 g/mol. The van der Waals surface area contributed by atoms with Gasteiger partial charge in [-0.05, 0) is 36.4 Å². The monoisotopic (exact) mass is 400 g/mol. The zero-order chi connectivity index (χ0) is 20.2. The minimum absolute atomic E-state index is 0.333. The van der Waals surface area contributed by atoms with Crippen LogP contribution in [0.1, 0.15) is 5.56 Å². The van der Waals surface area contributed by atoms with Crippen molar-refractivity contribution in [3.63, 3.8) is 0 Å². The summed E-state index contributed by atoms with van der Waals surface area (Å²) < 4.78 is 33.0. The van der Waals surface area contributed by atoms with Gasteiger partial charge in [-0.15, -0.1) is 0 Å². The first-order valence-corrected chi connectivity index (χ1v) is 9.52. The molecule has 6 nitrogen and oxygen atoms in total. The third-order valence-electron chi connectivity index (χ3n) is 4.96. The molecule has 0 bridgehead atoms. The summed E-state index contributed by atoms with van der Waals surface area (Å²) in [4.78, 5) is 14.4. The summed E-state index contributed by atoms with van der Waals surface area (Å²) in [7, 11) is 0. The van der Waals surface area contributed by atoms with Crippen LogP contribution in [0, 0.1) is 11.6 Å². The molecular weight excluding hydrogens is 378 g/mol. The smallest absolute Gasteiger partial charge is 0.257 e. The zero-order valence-corrected chi connectivity index (χ0v) is 15.8. The lowest BCUT2D eigenvalue weighted by molar-refractivity contribution is -0.110. The number of ether oxygens (including phenoxy) is 1. The van der Waals surface area contributed by atoms with Crippen LogP contribution in [0.3, 0.4) is 0 Å². The van der Waals surface area contributed by atoms with E-state index in [0.29, 0.717) is 34.7 Å². The van der Waals surface area contributed by atoms with E-state index in [1.807, 2.05) is 0 Å². The Morgan fingerprint density at radius 3 is 2.76 bits per heavy atom. The van der Waals surface area contributed by atoms with Gasteiger partial charge >= 0.3 is 0 Å². The van der Waals surface area contributed by atoms with Crippen LogP contribution in [-0.4, -0.2) is 50.2 Å². The maximum Gasteiger partial charge on any atom is 0.257 e. The number of morpholine rings is 1. The molecule has 0 radical (unpaired) electrons. The predicted molar refractivity (Wildman–Crippen MR) is 109 cm³/mol. The molecule has 0 spiro atoms. The Hall–Kier alpha value is -2.97. The number of fused-ring (bicyclic) bond motifs is 1. The third-order valence-corrected chi connectivity index (χ3v) is 4.96. The van der Waals surface area contributed by atoms with E-state index in [4.69, 9.17) is 4.74 Å². The number of benzene rings is 2. The van der Waals surface area contributed by atoms with Crippen LogP contribution >= 0.6 is 0 Å². The third kappa shape index (κ3) is 4.55. The van der Waals surface area contributed by atoms with E-state index < -0.39 is 5.82 Å². The maximum absolute atomic E-state index is 14.4. The first-order valence-electron chi connectivity index (χ1n) is 9.52. The lowest BCUT2D eigenvalue weighted by atomic mass is 10.1. The molecule has 2 aliphatic rings. The molecule has 29 heavy (non-hydrogen) atoms. The minimum Gasteiger partial charge on any atom is -0.381 e. The molecule has 1 saturated heterocycles. The summed E-state index contributed by atoms with van der Waals surface area (Å²) in [6.45, 7) is 4.73. The number of hydrogen-bond donors (Lipinski definition) is 3. The fourth-order valence-corrected chi connectivity index (χ4v) is 3.39. The van der Waals surface area contributed by atoms with Crippen LogP contribution in [0.4, 0.5) is 25.8 Å². The summed E-state index contributed by atoms with van der Waals surface area (Å²) in [5.74, 6) is -1.13. The Morgan fingerprint density at radius 2 is 1.97 bits per heavy atom. The minimum atomic E-state index is -0.419. The summed E-state index contributed by atoms with van der Waals surface area (Å²) in [5.41, 5.74) is 2.33. The van der Waals surface area contributed by atoms with Crippen molar-refractivity contribution in [3.05, 3.63) is 59.8 Å². The van der Waals surface area contributed by atoms with Crippen molar-refractivity contribution in [1.29, 1.82) is 0 Å². The Kier molecular flexibility index (Phi) is 5.73. The van der Waals surface area contributed by atoms with Gasteiger partial charge in [0.2, 0.25) is 0 Å². The van der Waals surface area contributed by atoms with Gasteiger partial charge in [-0.1, -0.05) is 0 Å². The van der Waals surface area contributed by atoms with E-state index in [1.54, 1.807) is 12.1 Å². The quantitative estimate of drug-likeness (QED) is 0.651. The summed E-state index contributed by atoms with van der Waals surface area (Å²) in [6.07, 6.45) is 1.50. The normalized spacial score (nSPS) is 17.9. The lowest BCUT2D eigenvalue weighted by Crippen LogP contribution is -2.39. The van der Waals surface area contributed by atoms with E-state index in [0.717, 1.165) is 32.8 Å². The molecule has 3 N–H and O–H groups in total. The molecule has 0 aliphatic carbocycles. The highest BCUT2D eigenvalue weighted by Gasteiger charge is 2.24. The number of anilines is 3. The van der Waals surface area contributed by atoms with Gasteiger partial charge < -0.3 is 20.7 Å². The molecular formula is C21H22F2N4O2. The molecule has 0 atom stereocenters. The Labute approximate surface area is 167 Å². The van der Waals surface area contributed by atoms with Crippen LogP contribution in [0.5, 0.6) is 0 Å². The average Bonchev–Trinajstić information content (AvgIpc) is 3.02. The van der Waals surface area contributed by atoms with E-state index in [2.05, 4.69) is 20.9 Å². The van der Waals surface area contributed by atoms with Gasteiger partial charge in [0.15, 0.2) is 0 Å². The van der Waals surface area contributed by atoms with E-state index in [9.17, 15) is 13.6 Å². The van der Waals surface area contributed by atoms with Crippen molar-refractivity contribution in [1.82, 2.24) is 4.90 Å². The van der Waals surface area contributed by atoms with E-state index >= 15 is 0 Å². The molecule has 152 valence electrons. The molecule has 1 amide bonds. The first kappa shape index (κ1) is 19.4. The molecule has 4 rings (SSSR count). The highest BCUT2D eigenvalue weighted by molar-refractivity contribution is 6.31. The van der Waals surface area contributed by atoms with Crippen molar-refractivity contribution in [3.8, 4) is 0 Å². The number of rotatable bonds is 6. The van der Waals surface area contributed by atoms with Gasteiger partial charge in [-0.3, -0.25) is 9.69 Å². The van der Waals surface area contributed by atoms with Crippen molar-refractivity contribution in [2.24, 2.45) is 0 Å². The number of hydrogen-bond acceptors (Lipinski definition) is 5. The molecule has 2 aromatic rings. The van der Waals surface area contributed by atoms with Gasteiger partial charge in [0, 0.05) is 43.6 Å². The Balaban J connectivity index is 1.37. The van der Waals surface area contributed by atoms with Gasteiger partial charge in [-0.25, -0.2) is 8.78 Å². The van der Waals surface area contributed by atoms with Crippen molar-refractivity contribution >= 4 is 28.5 Å². The number of nitrogens with zero attached hydrogens (tertiary/aromatic N) is 1. The van der Waals surface area contributed by atoms with Crippen LogP contribution in [-0.2, 0) is 9.53 Å². The summed E-state index contributed by atoms with van der Waals surface area (Å²) >= 11 is 0. The SMILES string of the molecule is O=C1Nc2cc(F)ccc2C1=CNc1ccc(NCCN2CCOCC2)c(F)c1. The first-order chi connectivity index (χ1) is 14.1. The maximum atomic E-state index is 14.4. The molecule has 8 heteroatoms. The molecule has 0 unspecified atom stereocenters. The number of carbonyl (C=O) groups excluding carboxylic acids is 1. The number of halogens is 2. The van der Waals surface area contributed by atoms with Crippen LogP contribution < -0.4 is 16.0 Å². The predicted octanol–water partition coefficient (Wildman–Crippen LogP) is 3.11. The molecule has 2 heterocycles. The largest absolute Gasteiger partial charge is 0.381 e. The van der Waals surface area contributed by atoms with Gasteiger partial charge in [0.05, 0.1) is 30.2 Å². The van der Waals surface area contributed by atoms with Crippen LogP contribution in [0.2, 0.25) is 0 Å². The second kappa shape index (κ2) is 8.59.